The van der Waals surface area contributed by atoms with E-state index in [0.717, 1.165) is 13.0 Å². The van der Waals surface area contributed by atoms with E-state index in [1.54, 1.807) is 29.2 Å². The fourth-order valence-electron chi connectivity index (χ4n) is 2.69. The molecule has 1 aliphatic rings. The molecule has 0 atom stereocenters. The van der Waals surface area contributed by atoms with Crippen molar-refractivity contribution in [2.75, 3.05) is 19.6 Å². The Balaban J connectivity index is 1.56. The normalized spacial score (nSPS) is 14.0. The highest BCUT2D eigenvalue weighted by Crippen LogP contribution is 2.17. The van der Waals surface area contributed by atoms with Gasteiger partial charge in [0.25, 0.3) is 5.91 Å². The molecule has 2 aromatic rings. The third-order valence-electron chi connectivity index (χ3n) is 3.98. The Morgan fingerprint density at radius 2 is 2.17 bits per heavy atom. The molecule has 1 N–H and O–H groups in total. The number of hydrogen-bond acceptors (Lipinski definition) is 3. The summed E-state index contributed by atoms with van der Waals surface area (Å²) in [5, 5.41) is 2.78. The van der Waals surface area contributed by atoms with Crippen LogP contribution in [0.2, 0.25) is 0 Å². The largest absolute Gasteiger partial charge is 0.350 e. The van der Waals surface area contributed by atoms with Crippen LogP contribution in [0, 0.1) is 5.82 Å². The highest BCUT2D eigenvalue weighted by atomic mass is 19.1. The molecule has 5 nitrogen and oxygen atoms in total. The second-order valence-electron chi connectivity index (χ2n) is 5.68. The third-order valence-corrected chi connectivity index (χ3v) is 3.98. The maximum atomic E-state index is 13.2. The minimum atomic E-state index is -0.326. The van der Waals surface area contributed by atoms with Crippen LogP contribution in [0.1, 0.15) is 23.2 Å². The van der Waals surface area contributed by atoms with Crippen molar-refractivity contribution in [2.24, 2.45) is 0 Å². The van der Waals surface area contributed by atoms with Crippen molar-refractivity contribution in [1.29, 1.82) is 0 Å². The second-order valence-corrected chi connectivity index (χ2v) is 5.68. The fourth-order valence-corrected chi connectivity index (χ4v) is 2.69. The van der Waals surface area contributed by atoms with Gasteiger partial charge in [0.15, 0.2) is 0 Å². The third kappa shape index (κ3) is 3.76. The number of aromatic nitrogens is 1. The van der Waals surface area contributed by atoms with Gasteiger partial charge in [0, 0.05) is 37.8 Å². The minimum absolute atomic E-state index is 0.144. The first kappa shape index (κ1) is 16.1. The Bertz CT molecular complexity index is 746. The summed E-state index contributed by atoms with van der Waals surface area (Å²) in [4.78, 5) is 29.6. The van der Waals surface area contributed by atoms with E-state index >= 15 is 0 Å². The quantitative estimate of drug-likeness (QED) is 0.916. The van der Waals surface area contributed by atoms with Crippen molar-refractivity contribution in [2.45, 2.75) is 12.8 Å². The number of pyridine rings is 1. The van der Waals surface area contributed by atoms with Crippen LogP contribution in [-0.4, -0.2) is 41.3 Å². The van der Waals surface area contributed by atoms with E-state index in [1.165, 1.54) is 18.3 Å². The van der Waals surface area contributed by atoms with Crippen molar-refractivity contribution < 1.29 is 14.0 Å². The molecule has 2 heterocycles. The molecule has 0 saturated carbocycles. The molecule has 0 bridgehead atoms. The topological polar surface area (TPSA) is 62.3 Å². The molecule has 24 heavy (non-hydrogen) atoms. The zero-order chi connectivity index (χ0) is 16.9. The van der Waals surface area contributed by atoms with Gasteiger partial charge in [-0.15, -0.1) is 0 Å². The smallest absolute Gasteiger partial charge is 0.252 e. The number of halogens is 1. The minimum Gasteiger partial charge on any atom is -0.350 e. The molecule has 0 aliphatic carbocycles. The van der Waals surface area contributed by atoms with Gasteiger partial charge >= 0.3 is 0 Å². The van der Waals surface area contributed by atoms with Crippen molar-refractivity contribution >= 4 is 11.8 Å². The standard InChI is InChI=1S/C18H18FN3O2/c19-15-4-1-3-13(11-15)16-7-6-14(12-21-16)18(24)20-8-10-22-9-2-5-17(22)23/h1,3-4,6-7,11-12H,2,5,8-10H2,(H,20,24). The van der Waals surface area contributed by atoms with E-state index in [4.69, 9.17) is 0 Å². The van der Waals surface area contributed by atoms with Crippen LogP contribution in [-0.2, 0) is 4.79 Å². The number of hydrogen-bond donors (Lipinski definition) is 1. The van der Waals surface area contributed by atoms with Crippen LogP contribution in [0.4, 0.5) is 4.39 Å². The molecule has 6 heteroatoms. The lowest BCUT2D eigenvalue weighted by Crippen LogP contribution is -2.35. The molecule has 0 spiro atoms. The molecular weight excluding hydrogens is 309 g/mol. The summed E-state index contributed by atoms with van der Waals surface area (Å²) in [6.07, 6.45) is 2.95. The summed E-state index contributed by atoms with van der Waals surface area (Å²) in [6, 6.07) is 9.49. The number of likely N-dealkylation sites (tertiary alicyclic amines) is 1. The average Bonchev–Trinajstić information content (AvgIpc) is 3.00. The van der Waals surface area contributed by atoms with E-state index < -0.39 is 0 Å². The van der Waals surface area contributed by atoms with Gasteiger partial charge in [-0.3, -0.25) is 14.6 Å². The van der Waals surface area contributed by atoms with Crippen molar-refractivity contribution in [1.82, 2.24) is 15.2 Å². The van der Waals surface area contributed by atoms with E-state index in [2.05, 4.69) is 10.3 Å². The lowest BCUT2D eigenvalue weighted by Gasteiger charge is -2.15. The number of benzene rings is 1. The van der Waals surface area contributed by atoms with Crippen LogP contribution in [0.5, 0.6) is 0 Å². The zero-order valence-corrected chi connectivity index (χ0v) is 13.2. The monoisotopic (exact) mass is 327 g/mol. The zero-order valence-electron chi connectivity index (χ0n) is 13.2. The Kier molecular flexibility index (Phi) is 4.84. The first-order valence-electron chi connectivity index (χ1n) is 7.91. The molecule has 2 amide bonds. The predicted octanol–water partition coefficient (Wildman–Crippen LogP) is 2.24. The summed E-state index contributed by atoms with van der Waals surface area (Å²) in [5.74, 6) is -0.419. The summed E-state index contributed by atoms with van der Waals surface area (Å²) >= 11 is 0. The van der Waals surface area contributed by atoms with E-state index in [0.29, 0.717) is 36.3 Å². The van der Waals surface area contributed by atoms with Crippen molar-refractivity contribution in [3.05, 3.63) is 54.0 Å². The summed E-state index contributed by atoms with van der Waals surface area (Å²) in [6.45, 7) is 1.70. The Morgan fingerprint density at radius 1 is 1.29 bits per heavy atom. The van der Waals surface area contributed by atoms with Crippen molar-refractivity contribution in [3.63, 3.8) is 0 Å². The SMILES string of the molecule is O=C(NCCN1CCCC1=O)c1ccc(-c2cccc(F)c2)nc1. The van der Waals surface area contributed by atoms with Gasteiger partial charge in [0.05, 0.1) is 11.3 Å². The molecule has 1 saturated heterocycles. The van der Waals surface area contributed by atoms with E-state index in [9.17, 15) is 14.0 Å². The maximum Gasteiger partial charge on any atom is 0.252 e. The van der Waals surface area contributed by atoms with Crippen LogP contribution in [0.25, 0.3) is 11.3 Å². The lowest BCUT2D eigenvalue weighted by atomic mass is 10.1. The van der Waals surface area contributed by atoms with Gasteiger partial charge in [-0.05, 0) is 30.7 Å². The number of nitrogens with zero attached hydrogens (tertiary/aromatic N) is 2. The predicted molar refractivity (Wildman–Crippen MR) is 87.8 cm³/mol. The molecule has 1 aromatic heterocycles. The van der Waals surface area contributed by atoms with Crippen LogP contribution in [0.15, 0.2) is 42.6 Å². The highest BCUT2D eigenvalue weighted by Gasteiger charge is 2.19. The fraction of sp³-hybridized carbons (Fsp3) is 0.278. The molecule has 1 aromatic carbocycles. The summed E-state index contributed by atoms with van der Waals surface area (Å²) in [7, 11) is 0. The Morgan fingerprint density at radius 3 is 2.83 bits per heavy atom. The first-order valence-corrected chi connectivity index (χ1v) is 7.91. The van der Waals surface area contributed by atoms with Gasteiger partial charge in [-0.2, -0.15) is 0 Å². The van der Waals surface area contributed by atoms with E-state index in [-0.39, 0.29) is 17.6 Å². The van der Waals surface area contributed by atoms with E-state index in [1.807, 2.05) is 0 Å². The molecule has 0 radical (unpaired) electrons. The Labute approximate surface area is 139 Å². The van der Waals surface area contributed by atoms with Crippen LogP contribution in [0.3, 0.4) is 0 Å². The number of carbonyl (C=O) groups is 2. The molecule has 124 valence electrons. The highest BCUT2D eigenvalue weighted by molar-refractivity contribution is 5.94. The number of carbonyl (C=O) groups excluding carboxylic acids is 2. The van der Waals surface area contributed by atoms with Gasteiger partial charge in [-0.25, -0.2) is 4.39 Å². The molecule has 1 aliphatic heterocycles. The van der Waals surface area contributed by atoms with Gasteiger partial charge < -0.3 is 10.2 Å². The van der Waals surface area contributed by atoms with Crippen LogP contribution < -0.4 is 5.32 Å². The molecule has 1 fully saturated rings. The summed E-state index contributed by atoms with van der Waals surface area (Å²) in [5.41, 5.74) is 1.70. The van der Waals surface area contributed by atoms with Crippen LogP contribution >= 0.6 is 0 Å². The number of amides is 2. The molecule has 0 unspecified atom stereocenters. The van der Waals surface area contributed by atoms with Gasteiger partial charge in [0.1, 0.15) is 5.82 Å². The Hall–Kier alpha value is -2.76. The number of nitrogens with one attached hydrogen (secondary N) is 1. The first-order chi connectivity index (χ1) is 11.6. The maximum absolute atomic E-state index is 13.2. The molecule has 3 rings (SSSR count). The van der Waals surface area contributed by atoms with Crippen molar-refractivity contribution in [3.8, 4) is 11.3 Å². The van der Waals surface area contributed by atoms with Gasteiger partial charge in [-0.1, -0.05) is 12.1 Å². The second kappa shape index (κ2) is 7.21. The molecular formula is C18H18FN3O2. The lowest BCUT2D eigenvalue weighted by molar-refractivity contribution is -0.127. The average molecular weight is 327 g/mol. The number of rotatable bonds is 5. The summed E-state index contributed by atoms with van der Waals surface area (Å²) < 4.78 is 13.2. The van der Waals surface area contributed by atoms with Gasteiger partial charge in [0.2, 0.25) is 5.91 Å².